The first kappa shape index (κ1) is 13.7. The molecule has 4 heteroatoms. The van der Waals surface area contributed by atoms with Crippen LogP contribution < -0.4 is 10.1 Å². The van der Waals surface area contributed by atoms with Gasteiger partial charge >= 0.3 is 0 Å². The van der Waals surface area contributed by atoms with Gasteiger partial charge in [0.05, 0.1) is 6.61 Å². The molecule has 0 fully saturated rings. The Bertz CT molecular complexity index is 304. The van der Waals surface area contributed by atoms with Gasteiger partial charge in [0.1, 0.15) is 12.1 Å². The van der Waals surface area contributed by atoms with Gasteiger partial charge in [0, 0.05) is 12.6 Å². The van der Waals surface area contributed by atoms with E-state index in [1.807, 2.05) is 6.07 Å². The zero-order valence-electron chi connectivity index (χ0n) is 10.9. The van der Waals surface area contributed by atoms with Gasteiger partial charge in [-0.15, -0.1) is 0 Å². The van der Waals surface area contributed by atoms with E-state index in [1.54, 1.807) is 6.33 Å². The lowest BCUT2D eigenvalue weighted by molar-refractivity contribution is 0.297. The minimum absolute atomic E-state index is 0.659. The molecule has 0 aliphatic heterocycles. The summed E-state index contributed by atoms with van der Waals surface area (Å²) in [4.78, 5) is 8.25. The Hall–Kier alpha value is -1.32. The van der Waals surface area contributed by atoms with E-state index in [-0.39, 0.29) is 0 Å². The molecule has 1 heterocycles. The first-order valence-electron chi connectivity index (χ1n) is 6.55. The molecule has 0 aliphatic rings. The number of hydrogen-bond donors (Lipinski definition) is 1. The number of rotatable bonds is 9. The summed E-state index contributed by atoms with van der Waals surface area (Å²) < 4.78 is 5.52. The summed E-state index contributed by atoms with van der Waals surface area (Å²) in [7, 11) is 0. The fourth-order valence-corrected chi connectivity index (χ4v) is 1.43. The van der Waals surface area contributed by atoms with Gasteiger partial charge < -0.3 is 10.1 Å². The average molecular weight is 237 g/mol. The molecule has 0 bridgehead atoms. The molecule has 0 amide bonds. The summed E-state index contributed by atoms with van der Waals surface area (Å²) in [6.45, 7) is 6.02. The molecular weight excluding hydrogens is 214 g/mol. The molecule has 0 unspecified atom stereocenters. The van der Waals surface area contributed by atoms with Gasteiger partial charge in [-0.1, -0.05) is 33.1 Å². The molecular formula is C13H23N3O. The maximum absolute atomic E-state index is 5.52. The maximum atomic E-state index is 5.52. The highest BCUT2D eigenvalue weighted by atomic mass is 16.5. The number of aromatic nitrogens is 2. The van der Waals surface area contributed by atoms with Crippen LogP contribution in [0.25, 0.3) is 0 Å². The first-order chi connectivity index (χ1) is 8.36. The third-order valence-corrected chi connectivity index (χ3v) is 2.48. The normalized spacial score (nSPS) is 10.2. The molecule has 0 saturated carbocycles. The Labute approximate surface area is 104 Å². The van der Waals surface area contributed by atoms with Gasteiger partial charge in [0.15, 0.2) is 0 Å². The maximum Gasteiger partial charge on any atom is 0.218 e. The van der Waals surface area contributed by atoms with E-state index < -0.39 is 0 Å². The molecule has 4 nitrogen and oxygen atoms in total. The number of nitrogens with zero attached hydrogens (tertiary/aromatic N) is 2. The highest BCUT2D eigenvalue weighted by Crippen LogP contribution is 2.11. The van der Waals surface area contributed by atoms with Gasteiger partial charge in [-0.05, 0) is 12.8 Å². The highest BCUT2D eigenvalue weighted by molar-refractivity contribution is 5.36. The molecule has 1 rings (SSSR count). The van der Waals surface area contributed by atoms with E-state index in [1.165, 1.54) is 19.3 Å². The van der Waals surface area contributed by atoms with Crippen molar-refractivity contribution in [1.82, 2.24) is 9.97 Å². The van der Waals surface area contributed by atoms with E-state index in [0.29, 0.717) is 5.88 Å². The van der Waals surface area contributed by atoms with Crippen molar-refractivity contribution in [2.24, 2.45) is 0 Å². The molecule has 0 saturated heterocycles. The van der Waals surface area contributed by atoms with Crippen molar-refractivity contribution in [2.45, 2.75) is 46.0 Å². The number of hydrogen-bond acceptors (Lipinski definition) is 4. The van der Waals surface area contributed by atoms with Crippen LogP contribution in [0, 0.1) is 0 Å². The second-order valence-corrected chi connectivity index (χ2v) is 4.08. The summed E-state index contributed by atoms with van der Waals surface area (Å²) in [5.74, 6) is 1.51. The predicted octanol–water partition coefficient (Wildman–Crippen LogP) is 3.26. The van der Waals surface area contributed by atoms with Crippen molar-refractivity contribution >= 4 is 5.82 Å². The standard InChI is InChI=1S/C13H23N3O/c1-3-5-7-8-14-12-10-13(16-11-15-12)17-9-6-4-2/h10-11H,3-9H2,1-2H3,(H,14,15,16). The second kappa shape index (κ2) is 8.79. The molecule has 0 aliphatic carbocycles. The van der Waals surface area contributed by atoms with Crippen molar-refractivity contribution in [3.8, 4) is 5.88 Å². The van der Waals surface area contributed by atoms with Crippen LogP contribution in [0.1, 0.15) is 46.0 Å². The average Bonchev–Trinajstić information content (AvgIpc) is 2.36. The molecule has 17 heavy (non-hydrogen) atoms. The largest absolute Gasteiger partial charge is 0.478 e. The Balaban J connectivity index is 2.31. The molecule has 96 valence electrons. The second-order valence-electron chi connectivity index (χ2n) is 4.08. The third-order valence-electron chi connectivity index (χ3n) is 2.48. The fraction of sp³-hybridized carbons (Fsp3) is 0.692. The van der Waals surface area contributed by atoms with Crippen LogP contribution >= 0.6 is 0 Å². The van der Waals surface area contributed by atoms with Crippen LogP contribution in [0.4, 0.5) is 5.82 Å². The van der Waals surface area contributed by atoms with E-state index in [4.69, 9.17) is 4.74 Å². The van der Waals surface area contributed by atoms with Gasteiger partial charge in [0.25, 0.3) is 0 Å². The zero-order chi connectivity index (χ0) is 12.3. The van der Waals surface area contributed by atoms with Crippen molar-refractivity contribution < 1.29 is 4.74 Å². The summed E-state index contributed by atoms with van der Waals surface area (Å²) in [5, 5.41) is 3.28. The summed E-state index contributed by atoms with van der Waals surface area (Å²) in [6.07, 6.45) is 7.39. The van der Waals surface area contributed by atoms with Crippen LogP contribution in [0.5, 0.6) is 5.88 Å². The molecule has 0 aromatic carbocycles. The lowest BCUT2D eigenvalue weighted by Gasteiger charge is -2.07. The molecule has 1 aromatic heterocycles. The Kier molecular flexibility index (Phi) is 7.11. The topological polar surface area (TPSA) is 47.0 Å². The van der Waals surface area contributed by atoms with Gasteiger partial charge in [0.2, 0.25) is 5.88 Å². The van der Waals surface area contributed by atoms with Crippen LogP contribution in [-0.2, 0) is 0 Å². The van der Waals surface area contributed by atoms with Crippen molar-refractivity contribution in [2.75, 3.05) is 18.5 Å². The van der Waals surface area contributed by atoms with E-state index in [9.17, 15) is 0 Å². The van der Waals surface area contributed by atoms with E-state index in [2.05, 4.69) is 29.1 Å². The van der Waals surface area contributed by atoms with Crippen LogP contribution in [0.15, 0.2) is 12.4 Å². The molecule has 0 atom stereocenters. The van der Waals surface area contributed by atoms with E-state index >= 15 is 0 Å². The number of nitrogens with one attached hydrogen (secondary N) is 1. The number of ether oxygens (including phenoxy) is 1. The summed E-state index contributed by atoms with van der Waals surface area (Å²) >= 11 is 0. The van der Waals surface area contributed by atoms with Gasteiger partial charge in [-0.3, -0.25) is 0 Å². The van der Waals surface area contributed by atoms with E-state index in [0.717, 1.165) is 31.8 Å². The fourth-order valence-electron chi connectivity index (χ4n) is 1.43. The minimum Gasteiger partial charge on any atom is -0.478 e. The minimum atomic E-state index is 0.659. The van der Waals surface area contributed by atoms with Crippen molar-refractivity contribution in [3.05, 3.63) is 12.4 Å². The SMILES string of the molecule is CCCCCNc1cc(OCCCC)ncn1. The molecule has 1 N–H and O–H groups in total. The molecule has 0 radical (unpaired) electrons. The number of anilines is 1. The van der Waals surface area contributed by atoms with Gasteiger partial charge in [-0.2, -0.15) is 0 Å². The van der Waals surface area contributed by atoms with Crippen LogP contribution in [0.3, 0.4) is 0 Å². The molecule has 1 aromatic rings. The van der Waals surface area contributed by atoms with Crippen LogP contribution in [-0.4, -0.2) is 23.1 Å². The summed E-state index contributed by atoms with van der Waals surface area (Å²) in [5.41, 5.74) is 0. The third kappa shape index (κ3) is 6.09. The lowest BCUT2D eigenvalue weighted by Crippen LogP contribution is -2.05. The van der Waals surface area contributed by atoms with Crippen molar-refractivity contribution in [1.29, 1.82) is 0 Å². The monoisotopic (exact) mass is 237 g/mol. The smallest absolute Gasteiger partial charge is 0.218 e. The quantitative estimate of drug-likeness (QED) is 0.670. The first-order valence-corrected chi connectivity index (χ1v) is 6.55. The Morgan fingerprint density at radius 3 is 2.71 bits per heavy atom. The molecule has 0 spiro atoms. The highest BCUT2D eigenvalue weighted by Gasteiger charge is 1.98. The van der Waals surface area contributed by atoms with Crippen molar-refractivity contribution in [3.63, 3.8) is 0 Å². The zero-order valence-corrected chi connectivity index (χ0v) is 10.9. The van der Waals surface area contributed by atoms with Gasteiger partial charge in [-0.25, -0.2) is 9.97 Å². The Morgan fingerprint density at radius 1 is 1.12 bits per heavy atom. The van der Waals surface area contributed by atoms with Crippen LogP contribution in [0.2, 0.25) is 0 Å². The number of unbranched alkanes of at least 4 members (excludes halogenated alkanes) is 3. The predicted molar refractivity (Wildman–Crippen MR) is 70.4 cm³/mol. The Morgan fingerprint density at radius 2 is 1.94 bits per heavy atom. The summed E-state index contributed by atoms with van der Waals surface area (Å²) in [6, 6.07) is 1.86. The lowest BCUT2D eigenvalue weighted by atomic mass is 10.2.